The minimum absolute atomic E-state index is 0.0270. The first-order valence-corrected chi connectivity index (χ1v) is 12.8. The van der Waals surface area contributed by atoms with Crippen molar-refractivity contribution in [2.75, 3.05) is 6.61 Å². The maximum absolute atomic E-state index is 12.7. The lowest BCUT2D eigenvalue weighted by Gasteiger charge is -2.16. The first-order valence-electron chi connectivity index (χ1n) is 11.2. The lowest BCUT2D eigenvalue weighted by Crippen LogP contribution is -2.26. The van der Waals surface area contributed by atoms with E-state index in [4.69, 9.17) is 27.9 Å². The Balaban J connectivity index is 1.29. The van der Waals surface area contributed by atoms with Crippen molar-refractivity contribution in [2.24, 2.45) is 0 Å². The summed E-state index contributed by atoms with van der Waals surface area (Å²) in [7, 11) is 0. The Morgan fingerprint density at radius 1 is 1.00 bits per heavy atom. The van der Waals surface area contributed by atoms with Crippen LogP contribution >= 0.6 is 35.0 Å². The van der Waals surface area contributed by atoms with Crippen LogP contribution in [0.5, 0.6) is 0 Å². The van der Waals surface area contributed by atoms with Crippen molar-refractivity contribution in [1.82, 2.24) is 10.3 Å². The van der Waals surface area contributed by atoms with Crippen molar-refractivity contribution in [3.63, 3.8) is 0 Å². The van der Waals surface area contributed by atoms with Crippen molar-refractivity contribution >= 4 is 47.3 Å². The molecular weight excluding hydrogens is 515 g/mol. The molecule has 3 aromatic carbocycles. The zero-order valence-corrected chi connectivity index (χ0v) is 21.2. The summed E-state index contributed by atoms with van der Waals surface area (Å²) in [6.45, 7) is 0.358. The van der Waals surface area contributed by atoms with Crippen molar-refractivity contribution in [3.8, 4) is 11.1 Å². The number of alkyl carbamates (subject to hydrolysis) is 1. The van der Waals surface area contributed by atoms with Crippen molar-refractivity contribution in [3.05, 3.63) is 111 Å². The summed E-state index contributed by atoms with van der Waals surface area (Å²) in [5.74, 6) is -0.0270. The van der Waals surface area contributed by atoms with E-state index in [1.807, 2.05) is 24.3 Å². The van der Waals surface area contributed by atoms with Crippen LogP contribution in [0.4, 0.5) is 4.79 Å². The fourth-order valence-corrected chi connectivity index (χ4v) is 5.96. The number of ether oxygens (including phenoxy) is 1. The molecule has 4 aromatic rings. The molecule has 8 heteroatoms. The molecule has 5 rings (SSSR count). The Labute approximate surface area is 222 Å². The summed E-state index contributed by atoms with van der Waals surface area (Å²) in [4.78, 5) is 29.0. The van der Waals surface area contributed by atoms with E-state index < -0.39 is 6.09 Å². The van der Waals surface area contributed by atoms with Crippen LogP contribution in [0.3, 0.4) is 0 Å². The fourth-order valence-electron chi connectivity index (χ4n) is 4.35. The van der Waals surface area contributed by atoms with E-state index in [0.29, 0.717) is 31.1 Å². The number of amides is 1. The van der Waals surface area contributed by atoms with E-state index in [-0.39, 0.29) is 19.1 Å². The van der Waals surface area contributed by atoms with Crippen molar-refractivity contribution in [1.29, 1.82) is 0 Å². The number of halogens is 2. The van der Waals surface area contributed by atoms with Gasteiger partial charge < -0.3 is 10.1 Å². The Kier molecular flexibility index (Phi) is 7.28. The van der Waals surface area contributed by atoms with Gasteiger partial charge in [-0.15, -0.1) is 0 Å². The zero-order chi connectivity index (χ0) is 25.1. The molecule has 0 spiro atoms. The summed E-state index contributed by atoms with van der Waals surface area (Å²) in [5, 5.41) is 4.15. The van der Waals surface area contributed by atoms with Gasteiger partial charge in [-0.1, -0.05) is 83.5 Å². The normalized spacial score (nSPS) is 12.1. The second-order valence-electron chi connectivity index (χ2n) is 8.17. The van der Waals surface area contributed by atoms with E-state index >= 15 is 0 Å². The molecule has 1 heterocycles. The Morgan fingerprint density at radius 2 is 1.69 bits per heavy atom. The number of carbonyl (C=O) groups is 2. The average molecular weight is 535 g/mol. The van der Waals surface area contributed by atoms with Gasteiger partial charge in [0.25, 0.3) is 0 Å². The molecule has 1 aliphatic carbocycles. The van der Waals surface area contributed by atoms with Crippen LogP contribution in [0.2, 0.25) is 10.0 Å². The maximum atomic E-state index is 12.7. The van der Waals surface area contributed by atoms with Gasteiger partial charge in [-0.3, -0.25) is 4.79 Å². The Hall–Kier alpha value is -3.32. The molecular formula is C28H20Cl2N2O3S. The van der Waals surface area contributed by atoms with Gasteiger partial charge in [0.2, 0.25) is 0 Å². The first kappa shape index (κ1) is 24.4. The number of pyridine rings is 1. The molecule has 0 atom stereocenters. The minimum atomic E-state index is -0.546. The second kappa shape index (κ2) is 10.7. The van der Waals surface area contributed by atoms with Crippen molar-refractivity contribution in [2.45, 2.75) is 22.4 Å². The van der Waals surface area contributed by atoms with Crippen LogP contribution < -0.4 is 5.32 Å². The molecule has 36 heavy (non-hydrogen) atoms. The third-order valence-electron chi connectivity index (χ3n) is 5.98. The van der Waals surface area contributed by atoms with Gasteiger partial charge in [0.15, 0.2) is 6.29 Å². The fraction of sp³-hybridized carbons (Fsp3) is 0.107. The molecule has 0 fully saturated rings. The average Bonchev–Trinajstić information content (AvgIpc) is 3.22. The SMILES string of the molecule is O=Cc1cccnc1Sc1c(Cl)cc(Cl)cc1CNC(=O)OCC1c2ccccc2-c2ccccc21. The highest BCUT2D eigenvalue weighted by molar-refractivity contribution is 7.99. The summed E-state index contributed by atoms with van der Waals surface area (Å²) in [6, 6.07) is 23.1. The Bertz CT molecular complexity index is 1420. The third-order valence-corrected chi connectivity index (χ3v) is 7.83. The topological polar surface area (TPSA) is 68.3 Å². The number of carbonyl (C=O) groups excluding carboxylic acids is 2. The van der Waals surface area contributed by atoms with Crippen LogP contribution in [0, 0.1) is 0 Å². The monoisotopic (exact) mass is 534 g/mol. The molecule has 1 aromatic heterocycles. The van der Waals surface area contributed by atoms with Crippen LogP contribution in [0.25, 0.3) is 11.1 Å². The number of nitrogens with zero attached hydrogens (tertiary/aromatic N) is 1. The van der Waals surface area contributed by atoms with E-state index in [9.17, 15) is 9.59 Å². The highest BCUT2D eigenvalue weighted by Gasteiger charge is 2.29. The molecule has 0 radical (unpaired) electrons. The smallest absolute Gasteiger partial charge is 0.407 e. The van der Waals surface area contributed by atoms with Crippen LogP contribution in [0.15, 0.2) is 88.9 Å². The number of aldehydes is 1. The van der Waals surface area contributed by atoms with Gasteiger partial charge in [-0.05, 0) is 52.1 Å². The predicted octanol–water partition coefficient (Wildman–Crippen LogP) is 7.39. The predicted molar refractivity (Wildman–Crippen MR) is 142 cm³/mol. The van der Waals surface area contributed by atoms with Gasteiger partial charge in [-0.25, -0.2) is 9.78 Å². The summed E-state index contributed by atoms with van der Waals surface area (Å²) in [6.07, 6.45) is 1.80. The molecule has 5 nitrogen and oxygen atoms in total. The quantitative estimate of drug-likeness (QED) is 0.250. The zero-order valence-electron chi connectivity index (χ0n) is 18.9. The van der Waals surface area contributed by atoms with Crippen LogP contribution in [0.1, 0.15) is 33.0 Å². The highest BCUT2D eigenvalue weighted by atomic mass is 35.5. The number of hydrogen-bond acceptors (Lipinski definition) is 5. The molecule has 0 saturated carbocycles. The summed E-state index contributed by atoms with van der Waals surface area (Å²) in [5.41, 5.74) is 5.77. The molecule has 0 saturated heterocycles. The van der Waals surface area contributed by atoms with Gasteiger partial charge in [0, 0.05) is 34.1 Å². The van der Waals surface area contributed by atoms with Crippen molar-refractivity contribution < 1.29 is 14.3 Å². The first-order chi connectivity index (χ1) is 17.5. The van der Waals surface area contributed by atoms with E-state index in [1.165, 1.54) is 22.9 Å². The maximum Gasteiger partial charge on any atom is 0.407 e. The minimum Gasteiger partial charge on any atom is -0.449 e. The summed E-state index contributed by atoms with van der Waals surface area (Å²) >= 11 is 14.0. The molecule has 1 N–H and O–H groups in total. The number of aromatic nitrogens is 1. The highest BCUT2D eigenvalue weighted by Crippen LogP contribution is 2.44. The molecule has 1 aliphatic rings. The van der Waals surface area contributed by atoms with Crippen LogP contribution in [-0.2, 0) is 11.3 Å². The third kappa shape index (κ3) is 4.98. The van der Waals surface area contributed by atoms with E-state index in [1.54, 1.807) is 30.5 Å². The molecule has 180 valence electrons. The van der Waals surface area contributed by atoms with E-state index in [0.717, 1.165) is 17.4 Å². The van der Waals surface area contributed by atoms with Gasteiger partial charge in [0.05, 0.1) is 5.02 Å². The van der Waals surface area contributed by atoms with Gasteiger partial charge >= 0.3 is 6.09 Å². The molecule has 1 amide bonds. The van der Waals surface area contributed by atoms with Gasteiger partial charge in [0.1, 0.15) is 11.6 Å². The number of rotatable bonds is 7. The number of nitrogens with one attached hydrogen (secondary N) is 1. The van der Waals surface area contributed by atoms with E-state index in [2.05, 4.69) is 34.6 Å². The number of hydrogen-bond donors (Lipinski definition) is 1. The second-order valence-corrected chi connectivity index (χ2v) is 10.0. The standard InChI is InChI=1S/C28H20Cl2N2O3S/c29-19-12-18(26(25(30)13-19)36-27-17(15-33)6-5-11-31-27)14-32-28(34)35-16-24-22-9-3-1-7-20(22)21-8-2-4-10-23(21)24/h1-13,15,24H,14,16H2,(H,32,34). The molecule has 0 unspecified atom stereocenters. The lowest BCUT2D eigenvalue weighted by atomic mass is 9.98. The Morgan fingerprint density at radius 3 is 2.39 bits per heavy atom. The largest absolute Gasteiger partial charge is 0.449 e. The summed E-state index contributed by atoms with van der Waals surface area (Å²) < 4.78 is 5.64. The molecule has 0 bridgehead atoms. The number of fused-ring (bicyclic) bond motifs is 3. The lowest BCUT2D eigenvalue weighted by molar-refractivity contribution is 0.112. The molecule has 0 aliphatic heterocycles. The number of benzene rings is 3. The van der Waals surface area contributed by atoms with Crippen LogP contribution in [-0.4, -0.2) is 24.0 Å². The van der Waals surface area contributed by atoms with Gasteiger partial charge in [-0.2, -0.15) is 0 Å².